The van der Waals surface area contributed by atoms with Crippen molar-refractivity contribution in [2.24, 2.45) is 7.05 Å². The fourth-order valence-electron chi connectivity index (χ4n) is 1.59. The summed E-state index contributed by atoms with van der Waals surface area (Å²) >= 11 is 5.48. The summed E-state index contributed by atoms with van der Waals surface area (Å²) in [5.74, 6) is 0.0428. The number of rotatable bonds is 4. The summed E-state index contributed by atoms with van der Waals surface area (Å²) in [4.78, 5) is 6.86. The van der Waals surface area contributed by atoms with Gasteiger partial charge >= 0.3 is 6.18 Å². The van der Waals surface area contributed by atoms with E-state index in [1.54, 1.807) is 17.9 Å². The largest absolute Gasteiger partial charge is 0.433 e. The van der Waals surface area contributed by atoms with Gasteiger partial charge in [-0.25, -0.2) is 9.97 Å². The van der Waals surface area contributed by atoms with Crippen molar-refractivity contribution in [3.05, 3.63) is 35.0 Å². The van der Waals surface area contributed by atoms with Crippen LogP contribution in [0.4, 0.5) is 19.0 Å². The lowest BCUT2D eigenvalue weighted by atomic mass is 10.2. The Labute approximate surface area is 117 Å². The third-order valence-electron chi connectivity index (χ3n) is 2.47. The van der Waals surface area contributed by atoms with Gasteiger partial charge in [-0.1, -0.05) is 0 Å². The molecule has 0 fully saturated rings. The van der Waals surface area contributed by atoms with E-state index in [0.29, 0.717) is 13.0 Å². The first-order valence-corrected chi connectivity index (χ1v) is 6.05. The molecule has 2 heterocycles. The standard InChI is InChI=1S/C11H11ClF3N5/c1-20-6-7(5-17-20)2-3-16-9-4-8(11(13,14)15)18-10(12)19-9/h4-6H,2-3H2,1H3,(H,16,18,19). The van der Waals surface area contributed by atoms with Crippen molar-refractivity contribution < 1.29 is 13.2 Å². The second kappa shape index (κ2) is 5.66. The van der Waals surface area contributed by atoms with Crippen LogP contribution in [0.15, 0.2) is 18.5 Å². The highest BCUT2D eigenvalue weighted by Gasteiger charge is 2.33. The highest BCUT2D eigenvalue weighted by molar-refractivity contribution is 6.28. The van der Waals surface area contributed by atoms with E-state index in [9.17, 15) is 13.2 Å². The van der Waals surface area contributed by atoms with Crippen LogP contribution >= 0.6 is 11.6 Å². The minimum atomic E-state index is -4.55. The Morgan fingerprint density at radius 3 is 2.70 bits per heavy atom. The fraction of sp³-hybridized carbons (Fsp3) is 0.364. The number of hydrogen-bond acceptors (Lipinski definition) is 4. The number of nitrogens with one attached hydrogen (secondary N) is 1. The highest BCUT2D eigenvalue weighted by atomic mass is 35.5. The van der Waals surface area contributed by atoms with E-state index in [2.05, 4.69) is 20.4 Å². The topological polar surface area (TPSA) is 55.6 Å². The zero-order valence-electron chi connectivity index (χ0n) is 10.4. The van der Waals surface area contributed by atoms with Crippen molar-refractivity contribution in [2.45, 2.75) is 12.6 Å². The molecule has 0 aromatic carbocycles. The molecule has 0 unspecified atom stereocenters. The van der Waals surface area contributed by atoms with Crippen LogP contribution in [0.3, 0.4) is 0 Å². The first kappa shape index (κ1) is 14.6. The van der Waals surface area contributed by atoms with Gasteiger partial charge in [0.2, 0.25) is 5.28 Å². The lowest BCUT2D eigenvalue weighted by molar-refractivity contribution is -0.141. The average molecular weight is 306 g/mol. The Bertz CT molecular complexity index is 596. The van der Waals surface area contributed by atoms with Crippen molar-refractivity contribution in [3.63, 3.8) is 0 Å². The van der Waals surface area contributed by atoms with Crippen LogP contribution in [0, 0.1) is 0 Å². The average Bonchev–Trinajstić information content (AvgIpc) is 2.73. The summed E-state index contributed by atoms with van der Waals surface area (Å²) < 4.78 is 39.3. The van der Waals surface area contributed by atoms with Gasteiger partial charge in [0.1, 0.15) is 5.82 Å². The Balaban J connectivity index is 2.00. The van der Waals surface area contributed by atoms with Crippen LogP contribution in [0.5, 0.6) is 0 Å². The number of hydrogen-bond donors (Lipinski definition) is 1. The molecule has 0 aliphatic rings. The second-order valence-electron chi connectivity index (χ2n) is 4.10. The molecule has 0 radical (unpaired) electrons. The van der Waals surface area contributed by atoms with Crippen LogP contribution in [0.25, 0.3) is 0 Å². The van der Waals surface area contributed by atoms with Crippen molar-refractivity contribution >= 4 is 17.4 Å². The first-order valence-electron chi connectivity index (χ1n) is 5.68. The van der Waals surface area contributed by atoms with Gasteiger partial charge in [-0.05, 0) is 23.6 Å². The molecule has 108 valence electrons. The van der Waals surface area contributed by atoms with Crippen LogP contribution in [0.2, 0.25) is 5.28 Å². The summed E-state index contributed by atoms with van der Waals surface area (Å²) in [5, 5.41) is 6.34. The van der Waals surface area contributed by atoms with Crippen LogP contribution < -0.4 is 5.32 Å². The number of anilines is 1. The lowest BCUT2D eigenvalue weighted by Crippen LogP contribution is -2.12. The molecule has 20 heavy (non-hydrogen) atoms. The summed E-state index contributed by atoms with van der Waals surface area (Å²) in [5.41, 5.74) is -0.0995. The van der Waals surface area contributed by atoms with Crippen molar-refractivity contribution in [3.8, 4) is 0 Å². The van der Waals surface area contributed by atoms with Crippen LogP contribution in [-0.2, 0) is 19.6 Å². The number of halogens is 4. The molecule has 5 nitrogen and oxygen atoms in total. The maximum Gasteiger partial charge on any atom is 0.433 e. The zero-order valence-corrected chi connectivity index (χ0v) is 11.2. The molecule has 2 aromatic heterocycles. The molecule has 1 N–H and O–H groups in total. The van der Waals surface area contributed by atoms with E-state index in [1.807, 2.05) is 6.20 Å². The third-order valence-corrected chi connectivity index (χ3v) is 2.64. The minimum Gasteiger partial charge on any atom is -0.370 e. The molecule has 2 rings (SSSR count). The van der Waals surface area contributed by atoms with Gasteiger partial charge in [0, 0.05) is 25.9 Å². The molecule has 0 amide bonds. The van der Waals surface area contributed by atoms with Crippen LogP contribution in [0.1, 0.15) is 11.3 Å². The van der Waals surface area contributed by atoms with Gasteiger partial charge in [0.05, 0.1) is 6.20 Å². The predicted molar refractivity (Wildman–Crippen MR) is 67.4 cm³/mol. The molecule has 0 atom stereocenters. The van der Waals surface area contributed by atoms with E-state index in [0.717, 1.165) is 11.6 Å². The molecule has 2 aromatic rings. The normalized spacial score (nSPS) is 11.7. The number of nitrogens with zero attached hydrogens (tertiary/aromatic N) is 4. The van der Waals surface area contributed by atoms with Crippen molar-refractivity contribution in [1.82, 2.24) is 19.7 Å². The molecular formula is C11H11ClF3N5. The first-order chi connectivity index (χ1) is 9.34. The highest BCUT2D eigenvalue weighted by Crippen LogP contribution is 2.29. The van der Waals surface area contributed by atoms with E-state index >= 15 is 0 Å². The molecule has 0 spiro atoms. The van der Waals surface area contributed by atoms with Gasteiger partial charge in [0.25, 0.3) is 0 Å². The molecule has 0 saturated carbocycles. The molecule has 9 heteroatoms. The Morgan fingerprint density at radius 2 is 2.10 bits per heavy atom. The Morgan fingerprint density at radius 1 is 1.35 bits per heavy atom. The molecular weight excluding hydrogens is 295 g/mol. The third kappa shape index (κ3) is 3.83. The number of aryl methyl sites for hydroxylation is 1. The maximum absolute atomic E-state index is 12.6. The Kier molecular flexibility index (Phi) is 4.12. The molecule has 0 aliphatic heterocycles. The summed E-state index contributed by atoms with van der Waals surface area (Å²) in [6, 6.07) is 0.828. The van der Waals surface area contributed by atoms with Gasteiger partial charge in [-0.3, -0.25) is 4.68 Å². The van der Waals surface area contributed by atoms with Crippen molar-refractivity contribution in [1.29, 1.82) is 0 Å². The van der Waals surface area contributed by atoms with E-state index in [4.69, 9.17) is 11.6 Å². The van der Waals surface area contributed by atoms with Gasteiger partial charge in [-0.2, -0.15) is 18.3 Å². The lowest BCUT2D eigenvalue weighted by Gasteiger charge is -2.09. The summed E-state index contributed by atoms with van der Waals surface area (Å²) in [7, 11) is 1.79. The quantitative estimate of drug-likeness (QED) is 0.882. The molecule has 0 bridgehead atoms. The fourth-order valence-corrected chi connectivity index (χ4v) is 1.77. The molecule has 0 aliphatic carbocycles. The number of aromatic nitrogens is 4. The summed E-state index contributed by atoms with van der Waals surface area (Å²) in [6.07, 6.45) is -0.422. The van der Waals surface area contributed by atoms with Crippen LogP contribution in [-0.4, -0.2) is 26.3 Å². The Hall–Kier alpha value is -1.83. The smallest absolute Gasteiger partial charge is 0.370 e. The van der Waals surface area contributed by atoms with Gasteiger partial charge in [0.15, 0.2) is 5.69 Å². The van der Waals surface area contributed by atoms with Gasteiger partial charge in [-0.15, -0.1) is 0 Å². The number of alkyl halides is 3. The van der Waals surface area contributed by atoms with Gasteiger partial charge < -0.3 is 5.32 Å². The molecule has 0 saturated heterocycles. The van der Waals surface area contributed by atoms with E-state index in [1.165, 1.54) is 0 Å². The van der Waals surface area contributed by atoms with E-state index < -0.39 is 17.2 Å². The monoisotopic (exact) mass is 305 g/mol. The SMILES string of the molecule is Cn1cc(CCNc2cc(C(F)(F)F)nc(Cl)n2)cn1. The van der Waals surface area contributed by atoms with Crippen molar-refractivity contribution in [2.75, 3.05) is 11.9 Å². The van der Waals surface area contributed by atoms with E-state index in [-0.39, 0.29) is 5.82 Å². The maximum atomic E-state index is 12.6. The second-order valence-corrected chi connectivity index (χ2v) is 4.44. The minimum absolute atomic E-state index is 0.0428. The summed E-state index contributed by atoms with van der Waals surface area (Å²) in [6.45, 7) is 0.413. The predicted octanol–water partition coefficient (Wildman–Crippen LogP) is 2.54. The zero-order chi connectivity index (χ0) is 14.8.